The van der Waals surface area contributed by atoms with Crippen LogP contribution in [0.4, 0.5) is 0 Å². The Balaban J connectivity index is 2.31. The maximum absolute atomic E-state index is 10.3. The third-order valence-corrected chi connectivity index (χ3v) is 2.25. The molecule has 0 amide bonds. The van der Waals surface area contributed by atoms with Gasteiger partial charge in [0.15, 0.2) is 6.10 Å². The smallest absolute Gasteiger partial charge is 0.332 e. The molecule has 0 spiro atoms. The molecule has 0 aliphatic rings. The van der Waals surface area contributed by atoms with E-state index in [2.05, 4.69) is 0 Å². The van der Waals surface area contributed by atoms with Crippen LogP contribution in [0.2, 0.25) is 0 Å². The number of carbonyl (C=O) groups is 1. The molecule has 4 heteroatoms. The van der Waals surface area contributed by atoms with Crippen LogP contribution in [-0.4, -0.2) is 17.2 Å². The molecule has 3 nitrogen and oxygen atoms in total. The lowest BCUT2D eigenvalue weighted by Gasteiger charge is -2.05. The minimum Gasteiger partial charge on any atom is -0.479 e. The highest BCUT2D eigenvalue weighted by atomic mass is 32.1. The van der Waals surface area contributed by atoms with E-state index in [1.165, 1.54) is 6.92 Å². The van der Waals surface area contributed by atoms with Crippen LogP contribution in [0.5, 0.6) is 0 Å². The van der Waals surface area contributed by atoms with Crippen LogP contribution in [0, 0.1) is 0 Å². The zero-order valence-corrected chi connectivity index (χ0v) is 7.50. The summed E-state index contributed by atoms with van der Waals surface area (Å²) in [7, 11) is 0. The van der Waals surface area contributed by atoms with Gasteiger partial charge in [-0.25, -0.2) is 4.79 Å². The van der Waals surface area contributed by atoms with Gasteiger partial charge in [-0.2, -0.15) is 0 Å². The summed E-state index contributed by atoms with van der Waals surface area (Å²) in [6.45, 7) is 1.90. The van der Waals surface area contributed by atoms with E-state index >= 15 is 0 Å². The monoisotopic (exact) mass is 186 g/mol. The highest BCUT2D eigenvalue weighted by molar-refractivity contribution is 7.09. The van der Waals surface area contributed by atoms with Crippen molar-refractivity contribution < 1.29 is 14.6 Å². The second kappa shape index (κ2) is 4.23. The molecule has 1 rings (SSSR count). The number of hydrogen-bond acceptors (Lipinski definition) is 3. The van der Waals surface area contributed by atoms with Crippen molar-refractivity contribution in [2.24, 2.45) is 0 Å². The molecule has 0 bridgehead atoms. The quantitative estimate of drug-likeness (QED) is 0.779. The molecule has 1 aromatic heterocycles. The van der Waals surface area contributed by atoms with E-state index in [-0.39, 0.29) is 0 Å². The molecule has 1 heterocycles. The van der Waals surface area contributed by atoms with Gasteiger partial charge < -0.3 is 9.84 Å². The number of aliphatic carboxylic acids is 1. The molecule has 0 aliphatic heterocycles. The van der Waals surface area contributed by atoms with Gasteiger partial charge in [0, 0.05) is 4.88 Å². The van der Waals surface area contributed by atoms with Crippen molar-refractivity contribution in [2.45, 2.75) is 19.6 Å². The van der Waals surface area contributed by atoms with Crippen LogP contribution in [0.1, 0.15) is 11.8 Å². The summed E-state index contributed by atoms with van der Waals surface area (Å²) >= 11 is 1.56. The Morgan fingerprint density at radius 1 is 1.83 bits per heavy atom. The second-order valence-electron chi connectivity index (χ2n) is 2.37. The van der Waals surface area contributed by atoms with Crippen molar-refractivity contribution in [1.82, 2.24) is 0 Å². The van der Waals surface area contributed by atoms with Gasteiger partial charge in [-0.3, -0.25) is 0 Å². The summed E-state index contributed by atoms with van der Waals surface area (Å²) in [5.74, 6) is -0.924. The van der Waals surface area contributed by atoms with E-state index in [0.717, 1.165) is 4.88 Å². The SMILES string of the molecule is C[C@H](OCc1cccs1)C(=O)O. The maximum Gasteiger partial charge on any atom is 0.332 e. The molecule has 1 N–H and O–H groups in total. The van der Waals surface area contributed by atoms with Gasteiger partial charge in [0.25, 0.3) is 0 Å². The average molecular weight is 186 g/mol. The second-order valence-corrected chi connectivity index (χ2v) is 3.40. The van der Waals surface area contributed by atoms with Crippen molar-refractivity contribution in [3.05, 3.63) is 22.4 Å². The predicted molar refractivity (Wildman–Crippen MR) is 46.2 cm³/mol. The highest BCUT2D eigenvalue weighted by Gasteiger charge is 2.10. The summed E-state index contributed by atoms with van der Waals surface area (Å²) in [6, 6.07) is 3.83. The third-order valence-electron chi connectivity index (χ3n) is 1.40. The largest absolute Gasteiger partial charge is 0.479 e. The molecule has 0 aromatic carbocycles. The molecule has 0 saturated carbocycles. The van der Waals surface area contributed by atoms with Gasteiger partial charge in [0.1, 0.15) is 0 Å². The molecular weight excluding hydrogens is 176 g/mol. The molecule has 66 valence electrons. The number of rotatable bonds is 4. The van der Waals surface area contributed by atoms with Crippen molar-refractivity contribution in [2.75, 3.05) is 0 Å². The molecule has 0 fully saturated rings. The topological polar surface area (TPSA) is 46.5 Å². The van der Waals surface area contributed by atoms with E-state index in [1.807, 2.05) is 17.5 Å². The minimum atomic E-state index is -0.924. The first-order valence-corrected chi connectivity index (χ1v) is 4.45. The summed E-state index contributed by atoms with van der Waals surface area (Å²) in [4.78, 5) is 11.4. The van der Waals surface area contributed by atoms with Crippen molar-refractivity contribution >= 4 is 17.3 Å². The first-order chi connectivity index (χ1) is 5.70. The average Bonchev–Trinajstić information content (AvgIpc) is 2.51. The standard InChI is InChI=1S/C8H10O3S/c1-6(8(9)10)11-5-7-3-2-4-12-7/h2-4,6H,5H2,1H3,(H,9,10)/t6-/m0/s1. The van der Waals surface area contributed by atoms with Gasteiger partial charge in [-0.05, 0) is 18.4 Å². The number of carboxylic acids is 1. The van der Waals surface area contributed by atoms with Crippen molar-refractivity contribution in [3.8, 4) is 0 Å². The number of ether oxygens (including phenoxy) is 1. The summed E-state index contributed by atoms with van der Waals surface area (Å²) < 4.78 is 5.06. The molecule has 0 radical (unpaired) electrons. The Hall–Kier alpha value is -0.870. The van der Waals surface area contributed by atoms with E-state index < -0.39 is 12.1 Å². The summed E-state index contributed by atoms with van der Waals surface area (Å²) in [6.07, 6.45) is -0.730. The fraction of sp³-hybridized carbons (Fsp3) is 0.375. The zero-order valence-electron chi connectivity index (χ0n) is 6.69. The third kappa shape index (κ3) is 2.64. The van der Waals surface area contributed by atoms with Crippen LogP contribution >= 0.6 is 11.3 Å². The predicted octanol–water partition coefficient (Wildman–Crippen LogP) is 1.74. The van der Waals surface area contributed by atoms with Gasteiger partial charge in [-0.15, -0.1) is 11.3 Å². The zero-order chi connectivity index (χ0) is 8.97. The Morgan fingerprint density at radius 2 is 2.58 bits per heavy atom. The first-order valence-electron chi connectivity index (χ1n) is 3.57. The molecule has 12 heavy (non-hydrogen) atoms. The van der Waals surface area contributed by atoms with E-state index in [9.17, 15) is 4.79 Å². The van der Waals surface area contributed by atoms with Crippen LogP contribution in [-0.2, 0) is 16.1 Å². The molecule has 0 saturated heterocycles. The Bertz CT molecular complexity index is 243. The highest BCUT2D eigenvalue weighted by Crippen LogP contribution is 2.10. The van der Waals surface area contributed by atoms with E-state index in [4.69, 9.17) is 9.84 Å². The van der Waals surface area contributed by atoms with E-state index in [1.54, 1.807) is 11.3 Å². The van der Waals surface area contributed by atoms with Crippen molar-refractivity contribution in [3.63, 3.8) is 0 Å². The van der Waals surface area contributed by atoms with Gasteiger partial charge >= 0.3 is 5.97 Å². The molecule has 0 unspecified atom stereocenters. The van der Waals surface area contributed by atoms with Crippen LogP contribution < -0.4 is 0 Å². The molecule has 1 atom stereocenters. The van der Waals surface area contributed by atoms with Crippen LogP contribution in [0.3, 0.4) is 0 Å². The fourth-order valence-corrected chi connectivity index (χ4v) is 1.30. The Labute approximate surface area is 74.6 Å². The molecule has 1 aromatic rings. The van der Waals surface area contributed by atoms with Crippen molar-refractivity contribution in [1.29, 1.82) is 0 Å². The number of hydrogen-bond donors (Lipinski definition) is 1. The van der Waals surface area contributed by atoms with Crippen LogP contribution in [0.25, 0.3) is 0 Å². The minimum absolute atomic E-state index is 0.380. The van der Waals surface area contributed by atoms with Gasteiger partial charge in [0.05, 0.1) is 6.61 Å². The van der Waals surface area contributed by atoms with Crippen LogP contribution in [0.15, 0.2) is 17.5 Å². The summed E-state index contributed by atoms with van der Waals surface area (Å²) in [5.41, 5.74) is 0. The lowest BCUT2D eigenvalue weighted by Crippen LogP contribution is -2.19. The summed E-state index contributed by atoms with van der Waals surface area (Å²) in [5, 5.41) is 10.4. The fourth-order valence-electron chi connectivity index (χ4n) is 0.673. The van der Waals surface area contributed by atoms with Gasteiger partial charge in [0.2, 0.25) is 0 Å². The lowest BCUT2D eigenvalue weighted by molar-refractivity contribution is -0.149. The Morgan fingerprint density at radius 3 is 3.08 bits per heavy atom. The lowest BCUT2D eigenvalue weighted by atomic mass is 10.4. The molecule has 0 aliphatic carbocycles. The van der Waals surface area contributed by atoms with Gasteiger partial charge in [-0.1, -0.05) is 6.07 Å². The molecular formula is C8H10O3S. The van der Waals surface area contributed by atoms with E-state index in [0.29, 0.717) is 6.61 Å². The normalized spacial score (nSPS) is 12.8. The Kier molecular flexibility index (Phi) is 3.25. The number of carboxylic acid groups (broad SMARTS) is 1. The maximum atomic E-state index is 10.3. The number of thiophene rings is 1. The first kappa shape index (κ1) is 9.22.